The Labute approximate surface area is 98.9 Å². The van der Waals surface area contributed by atoms with Crippen molar-refractivity contribution in [2.24, 2.45) is 0 Å². The van der Waals surface area contributed by atoms with Crippen molar-refractivity contribution in [3.63, 3.8) is 0 Å². The van der Waals surface area contributed by atoms with Crippen molar-refractivity contribution in [2.45, 2.75) is 31.0 Å². The summed E-state index contributed by atoms with van der Waals surface area (Å²) < 4.78 is 5.29. The molecule has 0 spiro atoms. The summed E-state index contributed by atoms with van der Waals surface area (Å²) in [6.45, 7) is 4.68. The Morgan fingerprint density at radius 3 is 2.69 bits per heavy atom. The van der Waals surface area contributed by atoms with E-state index in [1.54, 1.807) is 0 Å². The average Bonchev–Trinajstić information content (AvgIpc) is 2.21. The Hall–Kier alpha value is -0.160. The molecule has 1 aliphatic heterocycles. The number of hydrogen-bond donors (Lipinski definition) is 1. The standard InChI is InChI=1S/C12H25N3O/c1-14-4-5-15(2)11(9-14)8-13-10-6-12(7-10)16-3/h10-13H,4-9H2,1-3H3. The summed E-state index contributed by atoms with van der Waals surface area (Å²) in [5.41, 5.74) is 0. The van der Waals surface area contributed by atoms with Crippen molar-refractivity contribution in [1.82, 2.24) is 15.1 Å². The second-order valence-corrected chi connectivity index (χ2v) is 5.33. The third-order valence-corrected chi connectivity index (χ3v) is 4.05. The first-order valence-electron chi connectivity index (χ1n) is 6.34. The first-order valence-corrected chi connectivity index (χ1v) is 6.34. The molecule has 1 N–H and O–H groups in total. The van der Waals surface area contributed by atoms with E-state index in [4.69, 9.17) is 4.74 Å². The molecule has 4 nitrogen and oxygen atoms in total. The third-order valence-electron chi connectivity index (χ3n) is 4.05. The van der Waals surface area contributed by atoms with E-state index < -0.39 is 0 Å². The lowest BCUT2D eigenvalue weighted by molar-refractivity contribution is 0.0136. The summed E-state index contributed by atoms with van der Waals surface area (Å²) in [6, 6.07) is 1.35. The first-order chi connectivity index (χ1) is 7.69. The van der Waals surface area contributed by atoms with Crippen LogP contribution in [0.2, 0.25) is 0 Å². The summed E-state index contributed by atoms with van der Waals surface area (Å²) in [6.07, 6.45) is 2.87. The average molecular weight is 227 g/mol. The quantitative estimate of drug-likeness (QED) is 0.731. The Kier molecular flexibility index (Phi) is 4.19. The number of ether oxygens (including phenoxy) is 1. The second kappa shape index (κ2) is 5.45. The Morgan fingerprint density at radius 1 is 1.25 bits per heavy atom. The van der Waals surface area contributed by atoms with Crippen LogP contribution in [-0.2, 0) is 4.74 Å². The maximum Gasteiger partial charge on any atom is 0.0601 e. The molecule has 0 aromatic rings. The van der Waals surface area contributed by atoms with E-state index in [-0.39, 0.29) is 0 Å². The van der Waals surface area contributed by atoms with Crippen LogP contribution in [0.15, 0.2) is 0 Å². The minimum Gasteiger partial charge on any atom is -0.381 e. The van der Waals surface area contributed by atoms with Gasteiger partial charge in [0.2, 0.25) is 0 Å². The van der Waals surface area contributed by atoms with E-state index in [0.29, 0.717) is 18.2 Å². The highest BCUT2D eigenvalue weighted by Gasteiger charge is 2.30. The number of piperazine rings is 1. The van der Waals surface area contributed by atoms with Gasteiger partial charge in [0.25, 0.3) is 0 Å². The minimum atomic E-state index is 0.504. The molecule has 1 aliphatic carbocycles. The van der Waals surface area contributed by atoms with Crippen molar-refractivity contribution >= 4 is 0 Å². The molecule has 2 fully saturated rings. The molecule has 1 heterocycles. The molecule has 94 valence electrons. The minimum absolute atomic E-state index is 0.504. The number of nitrogens with one attached hydrogen (secondary N) is 1. The van der Waals surface area contributed by atoms with Gasteiger partial charge in [0.1, 0.15) is 0 Å². The Morgan fingerprint density at radius 2 is 2.00 bits per heavy atom. The summed E-state index contributed by atoms with van der Waals surface area (Å²) in [5, 5.41) is 3.66. The molecule has 0 amide bonds. The van der Waals surface area contributed by atoms with Gasteiger partial charge in [0.05, 0.1) is 6.10 Å². The van der Waals surface area contributed by atoms with Crippen LogP contribution in [0.4, 0.5) is 0 Å². The van der Waals surface area contributed by atoms with Crippen LogP contribution in [0.3, 0.4) is 0 Å². The number of likely N-dealkylation sites (N-methyl/N-ethyl adjacent to an activating group) is 2. The van der Waals surface area contributed by atoms with Gasteiger partial charge in [-0.25, -0.2) is 0 Å². The normalized spacial score (nSPS) is 37.3. The monoisotopic (exact) mass is 227 g/mol. The van der Waals surface area contributed by atoms with E-state index in [1.165, 1.54) is 32.5 Å². The fraction of sp³-hybridized carbons (Fsp3) is 1.00. The SMILES string of the molecule is COC1CC(NCC2CN(C)CCN2C)C1. The van der Waals surface area contributed by atoms with Gasteiger partial charge in [-0.15, -0.1) is 0 Å². The van der Waals surface area contributed by atoms with Crippen LogP contribution in [0.1, 0.15) is 12.8 Å². The van der Waals surface area contributed by atoms with Gasteiger partial charge in [-0.2, -0.15) is 0 Å². The van der Waals surface area contributed by atoms with Gasteiger partial charge in [-0.3, -0.25) is 4.90 Å². The summed E-state index contributed by atoms with van der Waals surface area (Å²) in [4.78, 5) is 4.89. The lowest BCUT2D eigenvalue weighted by Crippen LogP contribution is -2.56. The highest BCUT2D eigenvalue weighted by atomic mass is 16.5. The van der Waals surface area contributed by atoms with Gasteiger partial charge in [0, 0.05) is 45.4 Å². The number of hydrogen-bond acceptors (Lipinski definition) is 4. The van der Waals surface area contributed by atoms with Gasteiger partial charge in [0.15, 0.2) is 0 Å². The zero-order chi connectivity index (χ0) is 11.5. The molecule has 2 aliphatic rings. The highest BCUT2D eigenvalue weighted by molar-refractivity contribution is 4.88. The van der Waals surface area contributed by atoms with E-state index in [0.717, 1.165) is 6.54 Å². The lowest BCUT2D eigenvalue weighted by Gasteiger charge is -2.40. The van der Waals surface area contributed by atoms with Gasteiger partial charge < -0.3 is 15.0 Å². The van der Waals surface area contributed by atoms with Crippen LogP contribution in [0, 0.1) is 0 Å². The molecule has 2 rings (SSSR count). The summed E-state index contributed by atoms with van der Waals surface area (Å²) in [7, 11) is 6.26. The maximum absolute atomic E-state index is 5.29. The molecular weight excluding hydrogens is 202 g/mol. The summed E-state index contributed by atoms with van der Waals surface area (Å²) >= 11 is 0. The van der Waals surface area contributed by atoms with Crippen LogP contribution in [0.5, 0.6) is 0 Å². The van der Waals surface area contributed by atoms with Crippen molar-refractivity contribution in [3.8, 4) is 0 Å². The topological polar surface area (TPSA) is 27.7 Å². The Balaban J connectivity index is 1.65. The molecule has 4 heteroatoms. The molecule has 0 bridgehead atoms. The summed E-state index contributed by atoms with van der Waals surface area (Å²) in [5.74, 6) is 0. The van der Waals surface area contributed by atoms with Crippen molar-refractivity contribution in [1.29, 1.82) is 0 Å². The van der Waals surface area contributed by atoms with Gasteiger partial charge in [-0.05, 0) is 26.9 Å². The molecule has 1 saturated heterocycles. The fourth-order valence-electron chi connectivity index (χ4n) is 2.55. The zero-order valence-corrected chi connectivity index (χ0v) is 10.8. The smallest absolute Gasteiger partial charge is 0.0601 e. The number of methoxy groups -OCH3 is 1. The Bertz CT molecular complexity index is 218. The van der Waals surface area contributed by atoms with E-state index >= 15 is 0 Å². The van der Waals surface area contributed by atoms with Crippen LogP contribution < -0.4 is 5.32 Å². The van der Waals surface area contributed by atoms with Crippen LogP contribution in [-0.4, -0.2) is 75.4 Å². The molecule has 1 saturated carbocycles. The maximum atomic E-state index is 5.29. The molecule has 0 radical (unpaired) electrons. The van der Waals surface area contributed by atoms with Crippen molar-refractivity contribution in [3.05, 3.63) is 0 Å². The molecule has 16 heavy (non-hydrogen) atoms. The predicted molar refractivity (Wildman–Crippen MR) is 65.7 cm³/mol. The largest absolute Gasteiger partial charge is 0.381 e. The molecule has 0 aromatic heterocycles. The molecular formula is C12H25N3O. The van der Waals surface area contributed by atoms with E-state index in [2.05, 4.69) is 29.2 Å². The second-order valence-electron chi connectivity index (χ2n) is 5.33. The van der Waals surface area contributed by atoms with Gasteiger partial charge in [-0.1, -0.05) is 0 Å². The number of nitrogens with zero attached hydrogens (tertiary/aromatic N) is 2. The highest BCUT2D eigenvalue weighted by Crippen LogP contribution is 2.22. The first kappa shape index (κ1) is 12.3. The van der Waals surface area contributed by atoms with Crippen LogP contribution >= 0.6 is 0 Å². The lowest BCUT2D eigenvalue weighted by atomic mass is 9.89. The van der Waals surface area contributed by atoms with E-state index in [1.807, 2.05) is 7.11 Å². The molecule has 1 unspecified atom stereocenters. The van der Waals surface area contributed by atoms with Crippen molar-refractivity contribution in [2.75, 3.05) is 47.4 Å². The number of rotatable bonds is 4. The zero-order valence-electron chi connectivity index (χ0n) is 10.8. The fourth-order valence-corrected chi connectivity index (χ4v) is 2.55. The predicted octanol–water partition coefficient (Wildman–Crippen LogP) is -0.000800. The van der Waals surface area contributed by atoms with Gasteiger partial charge >= 0.3 is 0 Å². The van der Waals surface area contributed by atoms with Crippen LogP contribution in [0.25, 0.3) is 0 Å². The third kappa shape index (κ3) is 2.94. The van der Waals surface area contributed by atoms with Crippen molar-refractivity contribution < 1.29 is 4.74 Å². The van der Waals surface area contributed by atoms with E-state index in [9.17, 15) is 0 Å². The molecule has 1 atom stereocenters. The molecule has 0 aromatic carbocycles.